The minimum absolute atomic E-state index is 0.131. The second-order valence-electron chi connectivity index (χ2n) is 6.75. The minimum Gasteiger partial charge on any atom is -0.299 e. The Morgan fingerprint density at radius 1 is 0.958 bits per heavy atom. The van der Waals surface area contributed by atoms with Crippen molar-refractivity contribution in [3.63, 3.8) is 0 Å². The zero-order valence-corrected chi connectivity index (χ0v) is 13.4. The fourth-order valence-electron chi connectivity index (χ4n) is 4.22. The highest BCUT2D eigenvalue weighted by Gasteiger charge is 2.44. The summed E-state index contributed by atoms with van der Waals surface area (Å²) in [5.74, 6) is -0.195. The third-order valence-corrected chi connectivity index (χ3v) is 5.31. The highest BCUT2D eigenvalue weighted by molar-refractivity contribution is 6.12. The summed E-state index contributed by atoms with van der Waals surface area (Å²) in [6.45, 7) is 0. The number of allylic oxidation sites excluding steroid dienone is 2. The molecule has 24 heavy (non-hydrogen) atoms. The molecule has 0 bridgehead atoms. The number of rotatable bonds is 1. The van der Waals surface area contributed by atoms with Crippen LogP contribution in [0.4, 0.5) is 0 Å². The molecule has 0 N–H and O–H groups in total. The number of ketones is 2. The smallest absolute Gasteiger partial charge is 0.161 e. The van der Waals surface area contributed by atoms with E-state index in [2.05, 4.69) is 6.07 Å². The van der Waals surface area contributed by atoms with Crippen molar-refractivity contribution in [3.8, 4) is 6.07 Å². The molecule has 4 heteroatoms. The first-order valence-corrected chi connectivity index (χ1v) is 8.55. The van der Waals surface area contributed by atoms with Gasteiger partial charge in [-0.05, 0) is 43.4 Å². The lowest BCUT2D eigenvalue weighted by atomic mass is 9.67. The summed E-state index contributed by atoms with van der Waals surface area (Å²) in [5, 5.41) is 9.01. The Hall–Kier alpha value is -2.54. The fraction of sp³-hybridized carbons (Fsp3) is 0.400. The van der Waals surface area contributed by atoms with E-state index in [1.54, 1.807) is 12.1 Å². The molecule has 1 heterocycles. The normalized spacial score (nSPS) is 26.4. The van der Waals surface area contributed by atoms with E-state index in [0.717, 1.165) is 48.2 Å². The summed E-state index contributed by atoms with van der Waals surface area (Å²) < 4.78 is 0. The quantitative estimate of drug-likeness (QED) is 0.796. The Bertz CT molecular complexity index is 824. The molecule has 0 radical (unpaired) electrons. The predicted octanol–water partition coefficient (Wildman–Crippen LogP) is 3.47. The topological polar surface area (TPSA) is 70.3 Å². The van der Waals surface area contributed by atoms with Gasteiger partial charge in [0.25, 0.3) is 0 Å². The van der Waals surface area contributed by atoms with Gasteiger partial charge in [0.2, 0.25) is 0 Å². The van der Waals surface area contributed by atoms with Gasteiger partial charge in [0.1, 0.15) is 5.78 Å². The largest absolute Gasteiger partial charge is 0.299 e. The molecule has 1 aliphatic heterocycles. The van der Waals surface area contributed by atoms with Gasteiger partial charge in [-0.3, -0.25) is 14.6 Å². The summed E-state index contributed by atoms with van der Waals surface area (Å²) in [4.78, 5) is 30.0. The van der Waals surface area contributed by atoms with Crippen LogP contribution in [-0.2, 0) is 9.59 Å². The van der Waals surface area contributed by atoms with Gasteiger partial charge in [-0.1, -0.05) is 12.1 Å². The van der Waals surface area contributed by atoms with Gasteiger partial charge in [-0.25, -0.2) is 0 Å². The standard InChI is InChI=1S/C20H18N2O2/c21-11-12-7-9-13(10-8-12)18-19-14(3-1-5-16(19)23)22-15-4-2-6-17(24)20(15)18/h7-10,18-19H,1-6H2/t18-,19?/m1/s1. The van der Waals surface area contributed by atoms with E-state index in [1.807, 2.05) is 12.1 Å². The van der Waals surface area contributed by atoms with Gasteiger partial charge in [0.05, 0.1) is 17.6 Å². The molecule has 0 aromatic heterocycles. The van der Waals surface area contributed by atoms with Crippen LogP contribution in [0.2, 0.25) is 0 Å². The molecule has 0 spiro atoms. The Morgan fingerprint density at radius 3 is 2.46 bits per heavy atom. The zero-order valence-electron chi connectivity index (χ0n) is 13.4. The van der Waals surface area contributed by atoms with E-state index in [1.165, 1.54) is 0 Å². The highest BCUT2D eigenvalue weighted by Crippen LogP contribution is 2.45. The van der Waals surface area contributed by atoms with E-state index >= 15 is 0 Å². The number of Topliss-reactive ketones (excluding diaryl/α,β-unsaturated/α-hetero) is 2. The molecule has 1 aromatic rings. The van der Waals surface area contributed by atoms with Gasteiger partial charge in [-0.2, -0.15) is 5.26 Å². The predicted molar refractivity (Wildman–Crippen MR) is 89.6 cm³/mol. The molecule has 1 saturated carbocycles. The van der Waals surface area contributed by atoms with Crippen LogP contribution in [0.3, 0.4) is 0 Å². The SMILES string of the molecule is N#Cc1ccc([C@H]2C3=C(CCCC3=O)N=C3CCCC(=O)C32)cc1. The fourth-order valence-corrected chi connectivity index (χ4v) is 4.22. The molecular formula is C20H18N2O2. The second-order valence-corrected chi connectivity index (χ2v) is 6.75. The van der Waals surface area contributed by atoms with Crippen LogP contribution in [0.1, 0.15) is 55.6 Å². The molecule has 2 atom stereocenters. The van der Waals surface area contributed by atoms with E-state index in [4.69, 9.17) is 10.3 Å². The van der Waals surface area contributed by atoms with Crippen molar-refractivity contribution < 1.29 is 9.59 Å². The first kappa shape index (κ1) is 15.0. The maximum absolute atomic E-state index is 12.6. The van der Waals surface area contributed by atoms with Crippen molar-refractivity contribution >= 4 is 17.3 Å². The Morgan fingerprint density at radius 2 is 1.71 bits per heavy atom. The number of carbonyl (C=O) groups excluding carboxylic acids is 2. The highest BCUT2D eigenvalue weighted by atomic mass is 16.1. The first-order chi connectivity index (χ1) is 11.7. The van der Waals surface area contributed by atoms with Gasteiger partial charge >= 0.3 is 0 Å². The number of nitriles is 1. The summed E-state index contributed by atoms with van der Waals surface area (Å²) in [6, 6.07) is 9.43. The monoisotopic (exact) mass is 318 g/mol. The van der Waals surface area contributed by atoms with Crippen molar-refractivity contribution in [2.24, 2.45) is 10.9 Å². The average molecular weight is 318 g/mol. The molecule has 0 amide bonds. The molecule has 120 valence electrons. The molecule has 3 aliphatic rings. The number of carbonyl (C=O) groups is 2. The molecule has 1 aromatic carbocycles. The summed E-state index contributed by atoms with van der Waals surface area (Å²) in [5.41, 5.74) is 4.12. The van der Waals surface area contributed by atoms with Crippen molar-refractivity contribution in [2.45, 2.75) is 44.4 Å². The average Bonchev–Trinajstić information content (AvgIpc) is 2.61. The molecule has 4 rings (SSSR count). The van der Waals surface area contributed by atoms with Crippen LogP contribution >= 0.6 is 0 Å². The van der Waals surface area contributed by atoms with Crippen LogP contribution in [-0.4, -0.2) is 17.3 Å². The van der Waals surface area contributed by atoms with Gasteiger partial charge in [0, 0.05) is 35.7 Å². The lowest BCUT2D eigenvalue weighted by molar-refractivity contribution is -0.122. The van der Waals surface area contributed by atoms with Crippen molar-refractivity contribution in [2.75, 3.05) is 0 Å². The molecular weight excluding hydrogens is 300 g/mol. The number of hydrogen-bond acceptors (Lipinski definition) is 4. The molecule has 1 unspecified atom stereocenters. The maximum atomic E-state index is 12.6. The molecule has 4 nitrogen and oxygen atoms in total. The third kappa shape index (κ3) is 2.32. The molecule has 1 fully saturated rings. The Kier molecular flexibility index (Phi) is 3.65. The first-order valence-electron chi connectivity index (χ1n) is 8.55. The number of hydrogen-bond donors (Lipinski definition) is 0. The zero-order chi connectivity index (χ0) is 16.7. The van der Waals surface area contributed by atoms with Gasteiger partial charge in [0.15, 0.2) is 5.78 Å². The third-order valence-electron chi connectivity index (χ3n) is 5.31. The molecule has 0 saturated heterocycles. The Labute approximate surface area is 140 Å². The number of nitrogens with zero attached hydrogens (tertiary/aromatic N) is 2. The summed E-state index contributed by atoms with van der Waals surface area (Å²) in [7, 11) is 0. The van der Waals surface area contributed by atoms with Crippen molar-refractivity contribution in [1.82, 2.24) is 0 Å². The van der Waals surface area contributed by atoms with Gasteiger partial charge < -0.3 is 0 Å². The van der Waals surface area contributed by atoms with Crippen molar-refractivity contribution in [1.29, 1.82) is 5.26 Å². The molecule has 2 aliphatic carbocycles. The van der Waals surface area contributed by atoms with Crippen LogP contribution in [0.5, 0.6) is 0 Å². The van der Waals surface area contributed by atoms with E-state index in [9.17, 15) is 9.59 Å². The maximum Gasteiger partial charge on any atom is 0.161 e. The number of fused-ring (bicyclic) bond motifs is 1. The van der Waals surface area contributed by atoms with Crippen molar-refractivity contribution in [3.05, 3.63) is 46.7 Å². The minimum atomic E-state index is -0.299. The number of benzene rings is 1. The van der Waals surface area contributed by atoms with Gasteiger partial charge in [-0.15, -0.1) is 0 Å². The second kappa shape index (κ2) is 5.83. The van der Waals surface area contributed by atoms with Crippen LogP contribution in [0.15, 0.2) is 40.5 Å². The Balaban J connectivity index is 1.87. The number of aliphatic imine (C=N–C) groups is 1. The summed E-state index contributed by atoms with van der Waals surface area (Å²) >= 11 is 0. The summed E-state index contributed by atoms with van der Waals surface area (Å²) in [6.07, 6.45) is 4.45. The lowest BCUT2D eigenvalue weighted by Gasteiger charge is -2.37. The lowest BCUT2D eigenvalue weighted by Crippen LogP contribution is -2.39. The van der Waals surface area contributed by atoms with E-state index in [-0.39, 0.29) is 23.4 Å². The van der Waals surface area contributed by atoms with Crippen LogP contribution in [0.25, 0.3) is 0 Å². The van der Waals surface area contributed by atoms with Crippen LogP contribution in [0, 0.1) is 17.2 Å². The van der Waals surface area contributed by atoms with E-state index < -0.39 is 0 Å². The van der Waals surface area contributed by atoms with E-state index in [0.29, 0.717) is 18.4 Å². The van der Waals surface area contributed by atoms with Crippen LogP contribution < -0.4 is 0 Å².